The maximum Gasteiger partial charge on any atom is 0.209 e. The molecule has 0 radical (unpaired) electrons. The lowest BCUT2D eigenvalue weighted by molar-refractivity contribution is 0.308. The summed E-state index contributed by atoms with van der Waals surface area (Å²) >= 11 is 0. The van der Waals surface area contributed by atoms with Gasteiger partial charge in [0.15, 0.2) is 0 Å². The van der Waals surface area contributed by atoms with Crippen LogP contribution in [0.1, 0.15) is 24.1 Å². The lowest BCUT2D eigenvalue weighted by Gasteiger charge is -2.36. The van der Waals surface area contributed by atoms with Crippen molar-refractivity contribution < 1.29 is 8.42 Å². The minimum absolute atomic E-state index is 0.0457. The molecule has 3 heterocycles. The first-order valence-corrected chi connectivity index (χ1v) is 9.55. The van der Waals surface area contributed by atoms with Crippen molar-refractivity contribution in [2.45, 2.75) is 31.8 Å². The van der Waals surface area contributed by atoms with E-state index in [-0.39, 0.29) is 6.04 Å². The third kappa shape index (κ3) is 3.56. The summed E-state index contributed by atoms with van der Waals surface area (Å²) in [5.74, 6) is 0.969. The Morgan fingerprint density at radius 1 is 1.32 bits per heavy atom. The van der Waals surface area contributed by atoms with E-state index in [2.05, 4.69) is 31.5 Å². The van der Waals surface area contributed by atoms with Gasteiger partial charge in [-0.3, -0.25) is 0 Å². The summed E-state index contributed by atoms with van der Waals surface area (Å²) < 4.78 is 25.6. The summed E-state index contributed by atoms with van der Waals surface area (Å²) in [4.78, 5) is 13.4. The normalized spacial score (nSPS) is 23.4. The Morgan fingerprint density at radius 2 is 2.14 bits per heavy atom. The third-order valence-corrected chi connectivity index (χ3v) is 5.03. The molecule has 22 heavy (non-hydrogen) atoms. The van der Waals surface area contributed by atoms with Gasteiger partial charge in [0.1, 0.15) is 12.1 Å². The Kier molecular flexibility index (Phi) is 4.33. The molecule has 0 aliphatic carbocycles. The number of nitrogens with one attached hydrogen (secondary N) is 1. The van der Waals surface area contributed by atoms with Gasteiger partial charge < -0.3 is 9.80 Å². The molecule has 7 nitrogen and oxygen atoms in total. The van der Waals surface area contributed by atoms with Crippen LogP contribution in [0.15, 0.2) is 6.33 Å². The van der Waals surface area contributed by atoms with E-state index in [1.54, 1.807) is 6.33 Å². The number of nitrogens with zero attached hydrogens (tertiary/aromatic N) is 4. The van der Waals surface area contributed by atoms with Crippen molar-refractivity contribution in [3.8, 4) is 0 Å². The first kappa shape index (κ1) is 15.6. The smallest absolute Gasteiger partial charge is 0.209 e. The molecule has 0 aromatic carbocycles. The van der Waals surface area contributed by atoms with Gasteiger partial charge in [0, 0.05) is 44.2 Å². The van der Waals surface area contributed by atoms with Gasteiger partial charge in [0.2, 0.25) is 10.0 Å². The van der Waals surface area contributed by atoms with Crippen molar-refractivity contribution in [1.29, 1.82) is 0 Å². The summed E-state index contributed by atoms with van der Waals surface area (Å²) in [5.41, 5.74) is 2.32. The molecule has 1 fully saturated rings. The molecule has 0 amide bonds. The van der Waals surface area contributed by atoms with Gasteiger partial charge in [-0.25, -0.2) is 23.1 Å². The molecule has 0 saturated carbocycles. The van der Waals surface area contributed by atoms with Crippen molar-refractivity contribution in [3.05, 3.63) is 17.6 Å². The maximum atomic E-state index is 11.5. The molecular weight excluding hydrogens is 302 g/mol. The first-order chi connectivity index (χ1) is 10.4. The highest BCUT2D eigenvalue weighted by atomic mass is 32.2. The fourth-order valence-electron chi connectivity index (χ4n) is 3.30. The Bertz CT molecular complexity index is 649. The zero-order valence-electron chi connectivity index (χ0n) is 13.1. The highest BCUT2D eigenvalue weighted by Gasteiger charge is 2.27. The Labute approximate surface area is 131 Å². The van der Waals surface area contributed by atoms with E-state index in [1.165, 1.54) is 11.8 Å². The summed E-state index contributed by atoms with van der Waals surface area (Å²) in [7, 11) is -1.07. The van der Waals surface area contributed by atoms with E-state index in [4.69, 9.17) is 0 Å². The Hall–Kier alpha value is -1.25. The second kappa shape index (κ2) is 6.10. The summed E-state index contributed by atoms with van der Waals surface area (Å²) in [6.45, 7) is 3.45. The van der Waals surface area contributed by atoms with Crippen molar-refractivity contribution in [1.82, 2.24) is 19.6 Å². The molecule has 8 heteroatoms. The number of likely N-dealkylation sites (N-methyl/N-ethyl adjacent to an activating group) is 1. The van der Waals surface area contributed by atoms with Crippen molar-refractivity contribution in [2.75, 3.05) is 37.8 Å². The quantitative estimate of drug-likeness (QED) is 0.842. The predicted molar refractivity (Wildman–Crippen MR) is 85.3 cm³/mol. The van der Waals surface area contributed by atoms with E-state index in [0.29, 0.717) is 6.54 Å². The monoisotopic (exact) mass is 325 g/mol. The van der Waals surface area contributed by atoms with Gasteiger partial charge in [-0.15, -0.1) is 0 Å². The molecule has 1 aromatic rings. The topological polar surface area (TPSA) is 78.4 Å². The standard InChI is InChI=1S/C14H23N5O2S/c1-18-7-5-13-12(9-18)14(16-10-15-13)19-6-3-4-11(8-19)17-22(2,20)21/h10-11,17H,3-9H2,1-2H3. The number of sulfonamides is 1. The second-order valence-corrected chi connectivity index (χ2v) is 8.07. The summed E-state index contributed by atoms with van der Waals surface area (Å²) in [5, 5.41) is 0. The highest BCUT2D eigenvalue weighted by molar-refractivity contribution is 7.88. The molecule has 1 saturated heterocycles. The number of anilines is 1. The van der Waals surface area contributed by atoms with Crippen LogP contribution in [-0.4, -0.2) is 62.3 Å². The molecule has 0 spiro atoms. The van der Waals surface area contributed by atoms with Gasteiger partial charge >= 0.3 is 0 Å². The fraction of sp³-hybridized carbons (Fsp3) is 0.714. The van der Waals surface area contributed by atoms with Crippen molar-refractivity contribution >= 4 is 15.8 Å². The number of hydrogen-bond acceptors (Lipinski definition) is 6. The summed E-state index contributed by atoms with van der Waals surface area (Å²) in [6, 6.07) is -0.0457. The van der Waals surface area contributed by atoms with E-state index >= 15 is 0 Å². The number of hydrogen-bond donors (Lipinski definition) is 1. The molecule has 2 aliphatic rings. The van der Waals surface area contributed by atoms with Crippen LogP contribution in [0.5, 0.6) is 0 Å². The van der Waals surface area contributed by atoms with Crippen LogP contribution in [0.3, 0.4) is 0 Å². The van der Waals surface area contributed by atoms with Crippen LogP contribution in [0.2, 0.25) is 0 Å². The van der Waals surface area contributed by atoms with Crippen LogP contribution in [-0.2, 0) is 23.0 Å². The lowest BCUT2D eigenvalue weighted by atomic mass is 10.0. The lowest BCUT2D eigenvalue weighted by Crippen LogP contribution is -2.48. The van der Waals surface area contributed by atoms with Crippen LogP contribution in [0.4, 0.5) is 5.82 Å². The van der Waals surface area contributed by atoms with Crippen LogP contribution in [0.25, 0.3) is 0 Å². The highest BCUT2D eigenvalue weighted by Crippen LogP contribution is 2.27. The molecule has 3 rings (SSSR count). The zero-order valence-corrected chi connectivity index (χ0v) is 13.9. The van der Waals surface area contributed by atoms with Crippen LogP contribution in [0, 0.1) is 0 Å². The molecule has 1 aromatic heterocycles. The fourth-order valence-corrected chi connectivity index (χ4v) is 4.10. The van der Waals surface area contributed by atoms with Gasteiger partial charge in [-0.05, 0) is 19.9 Å². The average molecular weight is 325 g/mol. The first-order valence-electron chi connectivity index (χ1n) is 7.66. The molecular formula is C14H23N5O2S. The minimum atomic E-state index is -3.17. The van der Waals surface area contributed by atoms with Crippen LogP contribution >= 0.6 is 0 Å². The predicted octanol–water partition coefficient (Wildman–Crippen LogP) is -0.0175. The Balaban J connectivity index is 1.82. The van der Waals surface area contributed by atoms with Crippen LogP contribution < -0.4 is 9.62 Å². The molecule has 0 bridgehead atoms. The van der Waals surface area contributed by atoms with Gasteiger partial charge in [-0.1, -0.05) is 0 Å². The zero-order chi connectivity index (χ0) is 15.7. The van der Waals surface area contributed by atoms with Crippen molar-refractivity contribution in [2.24, 2.45) is 0 Å². The van der Waals surface area contributed by atoms with E-state index in [0.717, 1.165) is 50.4 Å². The molecule has 1 atom stereocenters. The maximum absolute atomic E-state index is 11.5. The van der Waals surface area contributed by atoms with Gasteiger partial charge in [0.05, 0.1) is 11.9 Å². The van der Waals surface area contributed by atoms with E-state index < -0.39 is 10.0 Å². The molecule has 1 N–H and O–H groups in total. The SMILES string of the molecule is CN1CCc2ncnc(N3CCCC(NS(C)(=O)=O)C3)c2C1. The minimum Gasteiger partial charge on any atom is -0.355 e. The Morgan fingerprint density at radius 3 is 2.91 bits per heavy atom. The number of rotatable bonds is 3. The molecule has 1 unspecified atom stereocenters. The molecule has 2 aliphatic heterocycles. The number of piperidine rings is 1. The summed E-state index contributed by atoms with van der Waals surface area (Å²) in [6.07, 6.45) is 5.62. The second-order valence-electron chi connectivity index (χ2n) is 6.29. The largest absolute Gasteiger partial charge is 0.355 e. The van der Waals surface area contributed by atoms with Gasteiger partial charge in [0.25, 0.3) is 0 Å². The number of fused-ring (bicyclic) bond motifs is 1. The van der Waals surface area contributed by atoms with Crippen molar-refractivity contribution in [3.63, 3.8) is 0 Å². The third-order valence-electron chi connectivity index (χ3n) is 4.27. The van der Waals surface area contributed by atoms with E-state index in [1.807, 2.05) is 0 Å². The van der Waals surface area contributed by atoms with E-state index in [9.17, 15) is 8.42 Å². The van der Waals surface area contributed by atoms with Gasteiger partial charge in [-0.2, -0.15) is 0 Å². The molecule has 122 valence electrons. The number of aromatic nitrogens is 2. The average Bonchev–Trinajstić information content (AvgIpc) is 2.45.